The predicted molar refractivity (Wildman–Crippen MR) is 123 cm³/mol. The highest BCUT2D eigenvalue weighted by molar-refractivity contribution is 7.17. The van der Waals surface area contributed by atoms with Crippen LogP contribution in [0.1, 0.15) is 58.5 Å². The lowest BCUT2D eigenvalue weighted by molar-refractivity contribution is -0.147. The average Bonchev–Trinajstić information content (AvgIpc) is 3.36. The molecular weight excluding hydrogens is 428 g/mol. The minimum absolute atomic E-state index is 0.0690. The van der Waals surface area contributed by atoms with Crippen molar-refractivity contribution in [2.45, 2.75) is 51.4 Å². The quantitative estimate of drug-likeness (QED) is 0.505. The number of benzene rings is 1. The van der Waals surface area contributed by atoms with E-state index in [1.54, 1.807) is 12.1 Å². The summed E-state index contributed by atoms with van der Waals surface area (Å²) < 4.78 is 0. The molecule has 2 aliphatic rings. The minimum atomic E-state index is -0.930. The Morgan fingerprint density at radius 2 is 1.69 bits per heavy atom. The third-order valence-electron chi connectivity index (χ3n) is 6.42. The Balaban J connectivity index is 1.54. The van der Waals surface area contributed by atoms with Crippen LogP contribution < -0.4 is 10.6 Å². The standard InChI is InChI=1S/C24H28N2O5S/c27-13-12-14-8-10-15(11-9-14)25-22(29)20-18-6-3-7-19(18)32-23(20)26-21(28)16-4-1-2-5-17(16)24(30)31/h8-11,16-17,27H,1-7,12-13H2,(H,25,29)(H,26,28)(H,30,31). The van der Waals surface area contributed by atoms with Crippen LogP contribution >= 0.6 is 11.3 Å². The molecule has 2 unspecified atom stereocenters. The molecule has 2 atom stereocenters. The van der Waals surface area contributed by atoms with Gasteiger partial charge in [-0.3, -0.25) is 14.4 Å². The highest BCUT2D eigenvalue weighted by atomic mass is 32.1. The zero-order chi connectivity index (χ0) is 22.7. The second kappa shape index (κ2) is 9.83. The maximum absolute atomic E-state index is 13.2. The monoisotopic (exact) mass is 456 g/mol. The van der Waals surface area contributed by atoms with Gasteiger partial charge in [-0.05, 0) is 61.8 Å². The van der Waals surface area contributed by atoms with E-state index < -0.39 is 17.8 Å². The van der Waals surface area contributed by atoms with Gasteiger partial charge in [-0.2, -0.15) is 0 Å². The summed E-state index contributed by atoms with van der Waals surface area (Å²) in [6, 6.07) is 7.32. The van der Waals surface area contributed by atoms with Crippen molar-refractivity contribution in [1.82, 2.24) is 0 Å². The van der Waals surface area contributed by atoms with Crippen molar-refractivity contribution in [1.29, 1.82) is 0 Å². The molecule has 1 fully saturated rings. The Kier molecular flexibility index (Phi) is 6.91. The van der Waals surface area contributed by atoms with Crippen LogP contribution in [0.2, 0.25) is 0 Å². The summed E-state index contributed by atoms with van der Waals surface area (Å²) in [4.78, 5) is 39.0. The summed E-state index contributed by atoms with van der Waals surface area (Å²) >= 11 is 1.43. The third-order valence-corrected chi connectivity index (χ3v) is 7.62. The number of carboxylic acid groups (broad SMARTS) is 1. The Labute approximate surface area is 190 Å². The lowest BCUT2D eigenvalue weighted by Gasteiger charge is -2.27. The van der Waals surface area contributed by atoms with Gasteiger partial charge < -0.3 is 20.8 Å². The maximum atomic E-state index is 13.2. The number of aliphatic hydroxyl groups excluding tert-OH is 1. The van der Waals surface area contributed by atoms with Crippen molar-refractivity contribution in [2.24, 2.45) is 11.8 Å². The van der Waals surface area contributed by atoms with E-state index >= 15 is 0 Å². The van der Waals surface area contributed by atoms with E-state index in [1.165, 1.54) is 11.3 Å². The second-order valence-electron chi connectivity index (χ2n) is 8.51. The summed E-state index contributed by atoms with van der Waals surface area (Å²) in [5.41, 5.74) is 3.11. The molecule has 0 bridgehead atoms. The van der Waals surface area contributed by atoms with Gasteiger partial charge >= 0.3 is 5.97 Å². The maximum Gasteiger partial charge on any atom is 0.307 e. The van der Waals surface area contributed by atoms with Crippen LogP contribution in [-0.2, 0) is 28.9 Å². The summed E-state index contributed by atoms with van der Waals surface area (Å²) in [6.07, 6.45) is 5.93. The van der Waals surface area contributed by atoms with Crippen LogP contribution in [0.3, 0.4) is 0 Å². The number of carbonyl (C=O) groups excluding carboxylic acids is 2. The zero-order valence-corrected chi connectivity index (χ0v) is 18.7. The summed E-state index contributed by atoms with van der Waals surface area (Å²) in [6.45, 7) is 0.0690. The average molecular weight is 457 g/mol. The number of hydrogen-bond acceptors (Lipinski definition) is 5. The smallest absolute Gasteiger partial charge is 0.307 e. The van der Waals surface area contributed by atoms with E-state index in [4.69, 9.17) is 5.11 Å². The van der Waals surface area contributed by atoms with Gasteiger partial charge in [0.2, 0.25) is 5.91 Å². The molecule has 1 aromatic heterocycles. The summed E-state index contributed by atoms with van der Waals surface area (Å²) in [5, 5.41) is 24.9. The number of carbonyl (C=O) groups is 3. The van der Waals surface area contributed by atoms with E-state index in [1.807, 2.05) is 12.1 Å². The van der Waals surface area contributed by atoms with Gasteiger partial charge in [-0.25, -0.2) is 0 Å². The second-order valence-corrected chi connectivity index (χ2v) is 9.62. The summed E-state index contributed by atoms with van der Waals surface area (Å²) in [7, 11) is 0. The molecule has 2 aliphatic carbocycles. The topological polar surface area (TPSA) is 116 Å². The van der Waals surface area contributed by atoms with Crippen molar-refractivity contribution >= 4 is 39.8 Å². The highest BCUT2D eigenvalue weighted by Gasteiger charge is 2.37. The Hall–Kier alpha value is -2.71. The molecule has 4 rings (SSSR count). The van der Waals surface area contributed by atoms with Crippen LogP contribution in [0.25, 0.3) is 0 Å². The van der Waals surface area contributed by atoms with E-state index in [2.05, 4.69) is 10.6 Å². The number of amides is 2. The molecule has 0 saturated heterocycles. The molecule has 0 spiro atoms. The third kappa shape index (κ3) is 4.71. The van der Waals surface area contributed by atoms with Crippen LogP contribution in [0.5, 0.6) is 0 Å². The van der Waals surface area contributed by atoms with Crippen LogP contribution in [0.4, 0.5) is 10.7 Å². The first kappa shape index (κ1) is 22.5. The Morgan fingerprint density at radius 3 is 2.38 bits per heavy atom. The molecule has 8 heteroatoms. The van der Waals surface area contributed by atoms with Crippen molar-refractivity contribution < 1.29 is 24.6 Å². The first-order valence-electron chi connectivity index (χ1n) is 11.2. The van der Waals surface area contributed by atoms with Crippen molar-refractivity contribution in [2.75, 3.05) is 17.2 Å². The number of thiophene rings is 1. The fourth-order valence-electron chi connectivity index (χ4n) is 4.75. The number of aliphatic hydroxyl groups is 1. The van der Waals surface area contributed by atoms with Crippen LogP contribution in [0, 0.1) is 11.8 Å². The van der Waals surface area contributed by atoms with Gasteiger partial charge in [-0.15, -0.1) is 11.3 Å². The molecule has 1 saturated carbocycles. The molecular formula is C24H28N2O5S. The number of aliphatic carboxylic acids is 1. The normalized spacial score (nSPS) is 19.9. The van der Waals surface area contributed by atoms with Crippen molar-refractivity contribution in [3.05, 3.63) is 45.8 Å². The van der Waals surface area contributed by atoms with Gasteiger partial charge in [0, 0.05) is 17.2 Å². The fraction of sp³-hybridized carbons (Fsp3) is 0.458. The fourth-order valence-corrected chi connectivity index (χ4v) is 6.04. The Bertz CT molecular complexity index is 1010. The molecule has 1 aromatic carbocycles. The minimum Gasteiger partial charge on any atom is -0.481 e. The number of rotatable bonds is 7. The van der Waals surface area contributed by atoms with E-state index in [0.29, 0.717) is 35.5 Å². The predicted octanol–water partition coefficient (Wildman–Crippen LogP) is 3.85. The van der Waals surface area contributed by atoms with Gasteiger partial charge in [0.05, 0.1) is 17.4 Å². The molecule has 2 amide bonds. The van der Waals surface area contributed by atoms with E-state index in [9.17, 15) is 19.5 Å². The largest absolute Gasteiger partial charge is 0.481 e. The van der Waals surface area contributed by atoms with Gasteiger partial charge in [0.1, 0.15) is 5.00 Å². The van der Waals surface area contributed by atoms with Gasteiger partial charge in [0.15, 0.2) is 0 Å². The first-order chi connectivity index (χ1) is 15.5. The summed E-state index contributed by atoms with van der Waals surface area (Å²) in [5.74, 6) is -2.76. The van der Waals surface area contributed by atoms with Gasteiger partial charge in [0.25, 0.3) is 5.91 Å². The molecule has 0 radical (unpaired) electrons. The zero-order valence-electron chi connectivity index (χ0n) is 17.9. The van der Waals surface area contributed by atoms with E-state index in [-0.39, 0.29) is 18.4 Å². The SMILES string of the molecule is O=C(Nc1ccc(CCO)cc1)c1c(NC(=O)C2CCCCC2C(=O)O)sc2c1CCC2. The number of fused-ring (bicyclic) bond motifs is 1. The number of nitrogens with one attached hydrogen (secondary N) is 2. The number of carboxylic acids is 1. The number of hydrogen-bond donors (Lipinski definition) is 4. The highest BCUT2D eigenvalue weighted by Crippen LogP contribution is 2.40. The first-order valence-corrected chi connectivity index (χ1v) is 12.0. The van der Waals surface area contributed by atoms with Crippen LogP contribution in [-0.4, -0.2) is 34.6 Å². The van der Waals surface area contributed by atoms with E-state index in [0.717, 1.165) is 48.1 Å². The number of anilines is 2. The Morgan fingerprint density at radius 1 is 0.969 bits per heavy atom. The van der Waals surface area contributed by atoms with Crippen LogP contribution in [0.15, 0.2) is 24.3 Å². The van der Waals surface area contributed by atoms with Gasteiger partial charge in [-0.1, -0.05) is 25.0 Å². The molecule has 1 heterocycles. The molecule has 170 valence electrons. The molecule has 2 aromatic rings. The lowest BCUT2D eigenvalue weighted by Crippen LogP contribution is -2.36. The lowest BCUT2D eigenvalue weighted by atomic mass is 9.79. The molecule has 32 heavy (non-hydrogen) atoms. The molecule has 4 N–H and O–H groups in total. The number of aryl methyl sites for hydroxylation is 1. The van der Waals surface area contributed by atoms with Crippen molar-refractivity contribution in [3.8, 4) is 0 Å². The molecule has 7 nitrogen and oxygen atoms in total. The van der Waals surface area contributed by atoms with Crippen molar-refractivity contribution in [3.63, 3.8) is 0 Å². The molecule has 0 aliphatic heterocycles.